The van der Waals surface area contributed by atoms with Crippen LogP contribution >= 0.6 is 11.3 Å². The zero-order valence-corrected chi connectivity index (χ0v) is 10.9. The Morgan fingerprint density at radius 1 is 1.47 bits per heavy atom. The van der Waals surface area contributed by atoms with Crippen molar-refractivity contribution < 1.29 is 9.90 Å². The van der Waals surface area contributed by atoms with Gasteiger partial charge < -0.3 is 5.11 Å². The average Bonchev–Trinajstić information content (AvgIpc) is 2.98. The average molecular weight is 274 g/mol. The Morgan fingerprint density at radius 2 is 2.32 bits per heavy atom. The summed E-state index contributed by atoms with van der Waals surface area (Å²) in [5, 5.41) is 14.4. The molecule has 0 saturated heterocycles. The highest BCUT2D eigenvalue weighted by Gasteiger charge is 2.17. The van der Waals surface area contributed by atoms with Gasteiger partial charge in [0.15, 0.2) is 5.82 Å². The lowest BCUT2D eigenvalue weighted by atomic mass is 10.2. The van der Waals surface area contributed by atoms with E-state index in [1.807, 2.05) is 6.92 Å². The molecular formula is C12H10N4O2S. The smallest absolute Gasteiger partial charge is 0.345 e. The summed E-state index contributed by atoms with van der Waals surface area (Å²) in [6.45, 7) is 1.99. The quantitative estimate of drug-likeness (QED) is 0.791. The highest BCUT2D eigenvalue weighted by molar-refractivity contribution is 7.20. The minimum absolute atomic E-state index is 0.305. The Hall–Kier alpha value is -2.28. The molecule has 7 heteroatoms. The molecule has 0 fully saturated rings. The third kappa shape index (κ3) is 1.88. The van der Waals surface area contributed by atoms with E-state index in [-0.39, 0.29) is 0 Å². The molecule has 3 rings (SSSR count). The maximum absolute atomic E-state index is 11.1. The predicted octanol–water partition coefficient (Wildman–Crippen LogP) is 2.14. The van der Waals surface area contributed by atoms with Crippen LogP contribution in [0.1, 0.15) is 22.3 Å². The predicted molar refractivity (Wildman–Crippen MR) is 70.9 cm³/mol. The standard InChI is InChI=1S/C12H10N4O2S/c1-2-8-7-5-9(12(17)18)19-11(7)16(15-8)10-6-13-3-4-14-10/h3-6H,2H2,1H3,(H,17,18). The zero-order chi connectivity index (χ0) is 13.4. The van der Waals surface area contributed by atoms with Crippen LogP contribution in [0.2, 0.25) is 0 Å². The van der Waals surface area contributed by atoms with Gasteiger partial charge in [0.25, 0.3) is 0 Å². The summed E-state index contributed by atoms with van der Waals surface area (Å²) in [5.41, 5.74) is 0.865. The largest absolute Gasteiger partial charge is 0.477 e. The molecule has 0 amide bonds. The van der Waals surface area contributed by atoms with E-state index in [2.05, 4.69) is 15.1 Å². The van der Waals surface area contributed by atoms with Gasteiger partial charge in [-0.15, -0.1) is 11.3 Å². The summed E-state index contributed by atoms with van der Waals surface area (Å²) in [6, 6.07) is 1.67. The molecule has 0 atom stereocenters. The Labute approximate surface area is 112 Å². The van der Waals surface area contributed by atoms with Crippen LogP contribution < -0.4 is 0 Å². The molecule has 19 heavy (non-hydrogen) atoms. The SMILES string of the molecule is CCc1nn(-c2cnccn2)c2sc(C(=O)O)cc12. The number of carboxylic acids is 1. The summed E-state index contributed by atoms with van der Waals surface area (Å²) in [4.78, 5) is 20.4. The molecule has 1 N–H and O–H groups in total. The van der Waals surface area contributed by atoms with E-state index in [4.69, 9.17) is 5.11 Å². The summed E-state index contributed by atoms with van der Waals surface area (Å²) in [6.07, 6.45) is 5.51. The monoisotopic (exact) mass is 274 g/mol. The van der Waals surface area contributed by atoms with E-state index in [0.717, 1.165) is 22.3 Å². The van der Waals surface area contributed by atoms with Crippen LogP contribution in [0.5, 0.6) is 0 Å². The lowest BCUT2D eigenvalue weighted by molar-refractivity contribution is 0.0702. The van der Waals surface area contributed by atoms with Crippen molar-refractivity contribution >= 4 is 27.5 Å². The first-order valence-electron chi connectivity index (χ1n) is 5.72. The fraction of sp³-hybridized carbons (Fsp3) is 0.167. The van der Waals surface area contributed by atoms with Crippen LogP contribution in [0, 0.1) is 0 Å². The molecule has 96 valence electrons. The molecule has 0 bridgehead atoms. The lowest BCUT2D eigenvalue weighted by Gasteiger charge is -1.98. The third-order valence-corrected chi connectivity index (χ3v) is 3.85. The number of aromatic carboxylic acids is 1. The number of fused-ring (bicyclic) bond motifs is 1. The van der Waals surface area contributed by atoms with Crippen LogP contribution in [0.15, 0.2) is 24.7 Å². The first-order chi connectivity index (χ1) is 9.20. The second-order valence-corrected chi connectivity index (χ2v) is 4.94. The van der Waals surface area contributed by atoms with Crippen molar-refractivity contribution in [3.63, 3.8) is 0 Å². The number of hydrogen-bond acceptors (Lipinski definition) is 5. The molecule has 0 aliphatic carbocycles. The number of aromatic nitrogens is 4. The summed E-state index contributed by atoms with van der Waals surface area (Å²) < 4.78 is 1.65. The molecule has 0 saturated carbocycles. The summed E-state index contributed by atoms with van der Waals surface area (Å²) >= 11 is 1.20. The first kappa shape index (κ1) is 11.8. The Bertz CT molecular complexity index is 748. The van der Waals surface area contributed by atoms with Crippen molar-refractivity contribution in [2.24, 2.45) is 0 Å². The maximum Gasteiger partial charge on any atom is 0.345 e. The molecule has 0 unspecified atom stereocenters. The van der Waals surface area contributed by atoms with E-state index in [1.54, 1.807) is 29.3 Å². The van der Waals surface area contributed by atoms with E-state index < -0.39 is 5.97 Å². The molecule has 0 spiro atoms. The number of rotatable bonds is 3. The van der Waals surface area contributed by atoms with Gasteiger partial charge in [-0.25, -0.2) is 14.5 Å². The van der Waals surface area contributed by atoms with Crippen LogP contribution in [-0.4, -0.2) is 30.8 Å². The van der Waals surface area contributed by atoms with E-state index >= 15 is 0 Å². The molecule has 3 aromatic rings. The fourth-order valence-corrected chi connectivity index (χ4v) is 2.87. The minimum Gasteiger partial charge on any atom is -0.477 e. The van der Waals surface area contributed by atoms with Crippen LogP contribution in [0.25, 0.3) is 16.0 Å². The van der Waals surface area contributed by atoms with Gasteiger partial charge in [-0.2, -0.15) is 5.10 Å². The van der Waals surface area contributed by atoms with Crippen molar-refractivity contribution in [2.45, 2.75) is 13.3 Å². The summed E-state index contributed by atoms with van der Waals surface area (Å²) in [7, 11) is 0. The number of carboxylic acid groups (broad SMARTS) is 1. The zero-order valence-electron chi connectivity index (χ0n) is 10.1. The van der Waals surface area contributed by atoms with Gasteiger partial charge in [0.2, 0.25) is 0 Å². The second kappa shape index (κ2) is 4.43. The van der Waals surface area contributed by atoms with Crippen LogP contribution in [0.4, 0.5) is 0 Å². The number of aryl methyl sites for hydroxylation is 1. The third-order valence-electron chi connectivity index (χ3n) is 2.75. The summed E-state index contributed by atoms with van der Waals surface area (Å²) in [5.74, 6) is -0.333. The normalized spacial score (nSPS) is 11.0. The van der Waals surface area contributed by atoms with Gasteiger partial charge in [0.1, 0.15) is 9.71 Å². The highest BCUT2D eigenvalue weighted by Crippen LogP contribution is 2.30. The molecule has 6 nitrogen and oxygen atoms in total. The Kier molecular flexibility index (Phi) is 2.75. The second-order valence-electron chi connectivity index (χ2n) is 3.91. The minimum atomic E-state index is -0.922. The van der Waals surface area contributed by atoms with E-state index in [9.17, 15) is 4.79 Å². The number of hydrogen-bond donors (Lipinski definition) is 1. The molecule has 3 aromatic heterocycles. The topological polar surface area (TPSA) is 80.9 Å². The van der Waals surface area contributed by atoms with Gasteiger partial charge in [0.05, 0.1) is 11.9 Å². The first-order valence-corrected chi connectivity index (χ1v) is 6.53. The lowest BCUT2D eigenvalue weighted by Crippen LogP contribution is -2.00. The Morgan fingerprint density at radius 3 is 2.95 bits per heavy atom. The fourth-order valence-electron chi connectivity index (χ4n) is 1.89. The van der Waals surface area contributed by atoms with Crippen molar-refractivity contribution in [3.8, 4) is 5.82 Å². The number of thiophene rings is 1. The molecule has 0 aliphatic rings. The Balaban J connectivity index is 2.27. The highest BCUT2D eigenvalue weighted by atomic mass is 32.1. The van der Waals surface area contributed by atoms with Crippen molar-refractivity contribution in [1.29, 1.82) is 0 Å². The van der Waals surface area contributed by atoms with E-state index in [0.29, 0.717) is 10.7 Å². The number of nitrogens with zero attached hydrogens (tertiary/aromatic N) is 4. The number of carbonyl (C=O) groups is 1. The van der Waals surface area contributed by atoms with Gasteiger partial charge in [0, 0.05) is 17.8 Å². The van der Waals surface area contributed by atoms with Gasteiger partial charge in [-0.3, -0.25) is 4.98 Å². The molecule has 3 heterocycles. The van der Waals surface area contributed by atoms with Gasteiger partial charge in [-0.1, -0.05) is 6.92 Å². The van der Waals surface area contributed by atoms with Crippen molar-refractivity contribution in [2.75, 3.05) is 0 Å². The van der Waals surface area contributed by atoms with Crippen LogP contribution in [-0.2, 0) is 6.42 Å². The molecule has 0 aromatic carbocycles. The van der Waals surface area contributed by atoms with Gasteiger partial charge in [-0.05, 0) is 12.5 Å². The van der Waals surface area contributed by atoms with E-state index in [1.165, 1.54) is 11.3 Å². The maximum atomic E-state index is 11.1. The van der Waals surface area contributed by atoms with Crippen LogP contribution in [0.3, 0.4) is 0 Å². The van der Waals surface area contributed by atoms with Gasteiger partial charge >= 0.3 is 5.97 Å². The molecular weight excluding hydrogens is 264 g/mol. The van der Waals surface area contributed by atoms with Crippen molar-refractivity contribution in [3.05, 3.63) is 35.2 Å². The molecule has 0 radical (unpaired) electrons. The van der Waals surface area contributed by atoms with Crippen molar-refractivity contribution in [1.82, 2.24) is 19.7 Å². The molecule has 0 aliphatic heterocycles.